The molecule has 1 unspecified atom stereocenters. The molecule has 1 aliphatic rings. The maximum Gasteiger partial charge on any atom is 0.280 e. The van der Waals surface area contributed by atoms with Gasteiger partial charge in [0.1, 0.15) is 0 Å². The van der Waals surface area contributed by atoms with Crippen molar-refractivity contribution in [1.29, 1.82) is 0 Å². The Morgan fingerprint density at radius 2 is 2.00 bits per heavy atom. The quantitative estimate of drug-likeness (QED) is 0.707. The van der Waals surface area contributed by atoms with Gasteiger partial charge in [-0.1, -0.05) is 18.2 Å². The van der Waals surface area contributed by atoms with Crippen LogP contribution in [0.1, 0.15) is 23.3 Å². The van der Waals surface area contributed by atoms with E-state index in [1.807, 2.05) is 42.5 Å². The molecular formula is C19H19N5O2. The average molecular weight is 349 g/mol. The SMILES string of the molecule is O=C(c1cnn(-c2ccccc2)n1)N(CC1CCCO1)c1ccncc1. The van der Waals surface area contributed by atoms with Crippen LogP contribution in [0.25, 0.3) is 5.69 Å². The van der Waals surface area contributed by atoms with Crippen LogP contribution in [-0.4, -0.2) is 45.1 Å². The number of ether oxygens (including phenoxy) is 1. The number of aromatic nitrogens is 4. The van der Waals surface area contributed by atoms with Crippen molar-refractivity contribution < 1.29 is 9.53 Å². The highest BCUT2D eigenvalue weighted by atomic mass is 16.5. The maximum absolute atomic E-state index is 13.1. The van der Waals surface area contributed by atoms with Crippen LogP contribution in [0.15, 0.2) is 61.1 Å². The van der Waals surface area contributed by atoms with Gasteiger partial charge in [-0.25, -0.2) is 0 Å². The Hall–Kier alpha value is -3.06. The smallest absolute Gasteiger partial charge is 0.280 e. The van der Waals surface area contributed by atoms with Crippen molar-refractivity contribution in [3.63, 3.8) is 0 Å². The van der Waals surface area contributed by atoms with Gasteiger partial charge in [0.05, 0.1) is 24.5 Å². The van der Waals surface area contributed by atoms with Gasteiger partial charge in [0, 0.05) is 24.7 Å². The normalized spacial score (nSPS) is 16.5. The number of benzene rings is 1. The maximum atomic E-state index is 13.1. The summed E-state index contributed by atoms with van der Waals surface area (Å²) in [6.07, 6.45) is 6.85. The lowest BCUT2D eigenvalue weighted by molar-refractivity contribution is 0.0913. The summed E-state index contributed by atoms with van der Waals surface area (Å²) in [5.74, 6) is -0.200. The van der Waals surface area contributed by atoms with Crippen molar-refractivity contribution in [1.82, 2.24) is 20.0 Å². The molecule has 3 aromatic rings. The first kappa shape index (κ1) is 16.4. The third kappa shape index (κ3) is 3.48. The molecule has 132 valence electrons. The fourth-order valence-corrected chi connectivity index (χ4v) is 3.01. The standard InChI is InChI=1S/C19H19N5O2/c25-19(18-13-21-24(22-18)16-5-2-1-3-6-16)23(14-17-7-4-12-26-17)15-8-10-20-11-9-15/h1-3,5-6,8-11,13,17H,4,7,12,14H2. The van der Waals surface area contributed by atoms with Crippen LogP contribution < -0.4 is 4.90 Å². The molecule has 2 aromatic heterocycles. The summed E-state index contributed by atoms with van der Waals surface area (Å²) in [7, 11) is 0. The zero-order valence-corrected chi connectivity index (χ0v) is 14.2. The van der Waals surface area contributed by atoms with Gasteiger partial charge in [-0.3, -0.25) is 9.78 Å². The molecule has 7 nitrogen and oxygen atoms in total. The second kappa shape index (κ2) is 7.45. The van der Waals surface area contributed by atoms with Crippen LogP contribution in [0.4, 0.5) is 5.69 Å². The molecule has 0 radical (unpaired) electrons. The molecule has 7 heteroatoms. The molecule has 1 atom stereocenters. The third-order valence-electron chi connectivity index (χ3n) is 4.33. The fraction of sp³-hybridized carbons (Fsp3) is 0.263. The van der Waals surface area contributed by atoms with E-state index in [-0.39, 0.29) is 12.0 Å². The summed E-state index contributed by atoms with van der Waals surface area (Å²) in [4.78, 5) is 20.3. The van der Waals surface area contributed by atoms with Crippen molar-refractivity contribution >= 4 is 11.6 Å². The van der Waals surface area contributed by atoms with Gasteiger partial charge in [-0.05, 0) is 37.1 Å². The molecular weight excluding hydrogens is 330 g/mol. The van der Waals surface area contributed by atoms with E-state index in [1.165, 1.54) is 11.0 Å². The van der Waals surface area contributed by atoms with Gasteiger partial charge in [0.2, 0.25) is 0 Å². The first-order valence-electron chi connectivity index (χ1n) is 8.62. The number of amides is 1. The molecule has 0 N–H and O–H groups in total. The third-order valence-corrected chi connectivity index (χ3v) is 4.33. The van der Waals surface area contributed by atoms with Crippen LogP contribution in [-0.2, 0) is 4.74 Å². The second-order valence-corrected chi connectivity index (χ2v) is 6.11. The Labute approximate surface area is 151 Å². The Morgan fingerprint density at radius 1 is 1.19 bits per heavy atom. The number of hydrogen-bond donors (Lipinski definition) is 0. The van der Waals surface area contributed by atoms with Crippen molar-refractivity contribution in [2.24, 2.45) is 0 Å². The predicted octanol–water partition coefficient (Wildman–Crippen LogP) is 2.49. The molecule has 3 heterocycles. The zero-order valence-electron chi connectivity index (χ0n) is 14.2. The number of carbonyl (C=O) groups is 1. The van der Waals surface area contributed by atoms with E-state index in [0.717, 1.165) is 30.8 Å². The first-order valence-corrected chi connectivity index (χ1v) is 8.62. The van der Waals surface area contributed by atoms with Crippen LogP contribution in [0.5, 0.6) is 0 Å². The lowest BCUT2D eigenvalue weighted by Crippen LogP contribution is -2.37. The molecule has 1 saturated heterocycles. The number of para-hydroxylation sites is 1. The van der Waals surface area contributed by atoms with Gasteiger partial charge < -0.3 is 9.64 Å². The Kier molecular flexibility index (Phi) is 4.70. The summed E-state index contributed by atoms with van der Waals surface area (Å²) in [6.45, 7) is 1.23. The molecule has 0 spiro atoms. The highest BCUT2D eigenvalue weighted by Crippen LogP contribution is 2.20. The van der Waals surface area contributed by atoms with E-state index in [4.69, 9.17) is 4.74 Å². The van der Waals surface area contributed by atoms with E-state index in [1.54, 1.807) is 17.3 Å². The molecule has 0 saturated carbocycles. The summed E-state index contributed by atoms with van der Waals surface area (Å²) in [6, 6.07) is 13.1. The van der Waals surface area contributed by atoms with Crippen LogP contribution >= 0.6 is 0 Å². The van der Waals surface area contributed by atoms with Crippen molar-refractivity contribution in [3.8, 4) is 5.69 Å². The summed E-state index contributed by atoms with van der Waals surface area (Å²) in [5, 5.41) is 8.59. The number of rotatable bonds is 5. The zero-order chi connectivity index (χ0) is 17.8. The van der Waals surface area contributed by atoms with Gasteiger partial charge in [0.25, 0.3) is 5.91 Å². The van der Waals surface area contributed by atoms with E-state index in [9.17, 15) is 4.79 Å². The molecule has 1 aromatic carbocycles. The largest absolute Gasteiger partial charge is 0.376 e. The van der Waals surface area contributed by atoms with E-state index in [0.29, 0.717) is 12.2 Å². The topological polar surface area (TPSA) is 73.1 Å². The lowest BCUT2D eigenvalue weighted by Gasteiger charge is -2.24. The highest BCUT2D eigenvalue weighted by Gasteiger charge is 2.26. The molecule has 26 heavy (non-hydrogen) atoms. The highest BCUT2D eigenvalue weighted by molar-refractivity contribution is 6.04. The molecule has 1 amide bonds. The summed E-state index contributed by atoms with van der Waals surface area (Å²) < 4.78 is 5.71. The molecule has 4 rings (SSSR count). The van der Waals surface area contributed by atoms with Crippen molar-refractivity contribution in [3.05, 3.63) is 66.7 Å². The Bertz CT molecular complexity index is 860. The predicted molar refractivity (Wildman–Crippen MR) is 96.2 cm³/mol. The molecule has 0 bridgehead atoms. The minimum absolute atomic E-state index is 0.0382. The van der Waals surface area contributed by atoms with Gasteiger partial charge in [-0.2, -0.15) is 9.90 Å². The van der Waals surface area contributed by atoms with Gasteiger partial charge >= 0.3 is 0 Å². The average Bonchev–Trinajstić information content (AvgIpc) is 3.39. The van der Waals surface area contributed by atoms with Gasteiger partial charge in [0.15, 0.2) is 5.69 Å². The minimum atomic E-state index is -0.200. The van der Waals surface area contributed by atoms with Crippen molar-refractivity contribution in [2.75, 3.05) is 18.1 Å². The fourth-order valence-electron chi connectivity index (χ4n) is 3.01. The van der Waals surface area contributed by atoms with Crippen molar-refractivity contribution in [2.45, 2.75) is 18.9 Å². The number of pyridine rings is 1. The molecule has 1 aliphatic heterocycles. The van der Waals surface area contributed by atoms with Crippen LogP contribution in [0, 0.1) is 0 Å². The van der Waals surface area contributed by atoms with Gasteiger partial charge in [-0.15, -0.1) is 5.10 Å². The summed E-state index contributed by atoms with van der Waals surface area (Å²) in [5.41, 5.74) is 1.87. The lowest BCUT2D eigenvalue weighted by atomic mass is 10.2. The first-order chi connectivity index (χ1) is 12.8. The number of anilines is 1. The van der Waals surface area contributed by atoms with E-state index >= 15 is 0 Å². The minimum Gasteiger partial charge on any atom is -0.376 e. The molecule has 1 fully saturated rings. The summed E-state index contributed by atoms with van der Waals surface area (Å²) >= 11 is 0. The molecule has 0 aliphatic carbocycles. The van der Waals surface area contributed by atoms with Crippen LogP contribution in [0.3, 0.4) is 0 Å². The second-order valence-electron chi connectivity index (χ2n) is 6.11. The van der Waals surface area contributed by atoms with E-state index < -0.39 is 0 Å². The van der Waals surface area contributed by atoms with Crippen LogP contribution in [0.2, 0.25) is 0 Å². The number of carbonyl (C=O) groups excluding carboxylic acids is 1. The van der Waals surface area contributed by atoms with E-state index in [2.05, 4.69) is 15.2 Å². The Morgan fingerprint density at radius 3 is 2.73 bits per heavy atom. The monoisotopic (exact) mass is 349 g/mol. The number of hydrogen-bond acceptors (Lipinski definition) is 5. The number of nitrogens with zero attached hydrogens (tertiary/aromatic N) is 5. The Balaban J connectivity index is 1.61.